The van der Waals surface area contributed by atoms with Crippen LogP contribution >= 0.6 is 11.6 Å². The molecule has 0 unspecified atom stereocenters. The minimum Gasteiger partial charge on any atom is -0.508 e. The normalized spacial score (nSPS) is 11.7. The van der Waals surface area contributed by atoms with E-state index >= 15 is 0 Å². The third-order valence-corrected chi connectivity index (χ3v) is 9.72. The summed E-state index contributed by atoms with van der Waals surface area (Å²) >= 11 is 6.05. The standard InChI is InChI=1S/C24H22N2O3.C22H21ClN2O2/c1-2-3-15-12-20(16-4-7-19(27)8-5-16)23(21(13-15)24(25)26-28)18-6-9-22-17(14-18)10-11-29-22;1-2-3-14-12-19(15-6-10-18(26)11-7-15)21(20(13-14)22(24)25-27)16-4-8-17(23)9-5-16/h4-14,27-28H,2-3H2,1H3,(H2,25,26);4-13,26-27H,2-3H2,1H3,(H2,24,25). The number of benzene rings is 6. The van der Waals surface area contributed by atoms with Crippen LogP contribution in [0.5, 0.6) is 11.5 Å². The van der Waals surface area contributed by atoms with E-state index in [0.29, 0.717) is 16.1 Å². The van der Waals surface area contributed by atoms with Gasteiger partial charge in [-0.3, -0.25) is 0 Å². The Kier molecular flexibility index (Phi) is 12.3. The molecule has 7 rings (SSSR count). The zero-order valence-electron chi connectivity index (χ0n) is 31.1. The lowest BCUT2D eigenvalue weighted by Gasteiger charge is -2.18. The van der Waals surface area contributed by atoms with Crippen LogP contribution in [0, 0.1) is 0 Å². The van der Waals surface area contributed by atoms with Crippen LogP contribution in [0.3, 0.4) is 0 Å². The number of aromatic hydroxyl groups is 2. The molecule has 0 aliphatic rings. The summed E-state index contributed by atoms with van der Waals surface area (Å²) in [5.74, 6) is 0.521. The number of furan rings is 1. The number of nitrogens with two attached hydrogens (primary N) is 2. The van der Waals surface area contributed by atoms with Crippen molar-refractivity contribution in [3.8, 4) is 56.0 Å². The maximum Gasteiger partial charge on any atom is 0.170 e. The summed E-state index contributed by atoms with van der Waals surface area (Å²) < 4.78 is 5.47. The molecule has 10 heteroatoms. The molecule has 0 radical (unpaired) electrons. The van der Waals surface area contributed by atoms with Crippen LogP contribution in [0.15, 0.2) is 142 Å². The number of oxime groups is 2. The average molecular weight is 767 g/mol. The first-order valence-electron chi connectivity index (χ1n) is 18.3. The van der Waals surface area contributed by atoms with Crippen molar-refractivity contribution in [1.29, 1.82) is 0 Å². The fourth-order valence-electron chi connectivity index (χ4n) is 6.88. The molecule has 1 aromatic heterocycles. The van der Waals surface area contributed by atoms with Crippen LogP contribution in [-0.2, 0) is 12.8 Å². The van der Waals surface area contributed by atoms with Crippen LogP contribution in [0.2, 0.25) is 5.02 Å². The van der Waals surface area contributed by atoms with Crippen molar-refractivity contribution >= 4 is 34.2 Å². The van der Waals surface area contributed by atoms with Gasteiger partial charge in [0.25, 0.3) is 0 Å². The first kappa shape index (κ1) is 39.0. The molecule has 0 aliphatic carbocycles. The highest BCUT2D eigenvalue weighted by atomic mass is 35.5. The second-order valence-electron chi connectivity index (χ2n) is 13.4. The molecule has 0 amide bonds. The van der Waals surface area contributed by atoms with Crippen LogP contribution in [0.4, 0.5) is 0 Å². The number of halogens is 1. The van der Waals surface area contributed by atoms with Gasteiger partial charge in [-0.1, -0.05) is 103 Å². The first-order chi connectivity index (χ1) is 27.1. The lowest BCUT2D eigenvalue weighted by atomic mass is 9.87. The van der Waals surface area contributed by atoms with E-state index in [9.17, 15) is 20.6 Å². The number of phenols is 2. The van der Waals surface area contributed by atoms with E-state index < -0.39 is 0 Å². The van der Waals surface area contributed by atoms with Crippen LogP contribution in [0.25, 0.3) is 55.5 Å². The number of hydrogen-bond donors (Lipinski definition) is 6. The molecule has 9 nitrogen and oxygen atoms in total. The van der Waals surface area contributed by atoms with Gasteiger partial charge < -0.3 is 36.5 Å². The van der Waals surface area contributed by atoms with Crippen molar-refractivity contribution in [3.05, 3.63) is 155 Å². The molecule has 0 bridgehead atoms. The zero-order valence-corrected chi connectivity index (χ0v) is 31.8. The largest absolute Gasteiger partial charge is 0.508 e. The first-order valence-corrected chi connectivity index (χ1v) is 18.6. The topological polar surface area (TPSA) is 171 Å². The van der Waals surface area contributed by atoms with Gasteiger partial charge in [0, 0.05) is 32.7 Å². The van der Waals surface area contributed by atoms with Gasteiger partial charge >= 0.3 is 0 Å². The Bertz CT molecular complexity index is 2510. The number of hydrogen-bond acceptors (Lipinski definition) is 7. The van der Waals surface area contributed by atoms with Gasteiger partial charge in [0.15, 0.2) is 11.7 Å². The molecule has 6 aromatic carbocycles. The fourth-order valence-corrected chi connectivity index (χ4v) is 7.01. The number of phenolic OH excluding ortho intramolecular Hbond substituents is 2. The number of aryl methyl sites for hydroxylation is 2. The fraction of sp³-hybridized carbons (Fsp3) is 0.130. The second-order valence-corrected chi connectivity index (χ2v) is 13.8. The molecule has 1 heterocycles. The Labute approximate surface area is 330 Å². The molecule has 8 N–H and O–H groups in total. The highest BCUT2D eigenvalue weighted by Crippen LogP contribution is 2.40. The molecule has 0 fully saturated rings. The lowest BCUT2D eigenvalue weighted by Crippen LogP contribution is -2.15. The van der Waals surface area contributed by atoms with E-state index in [0.717, 1.165) is 92.3 Å². The van der Waals surface area contributed by atoms with Crippen molar-refractivity contribution < 1.29 is 25.0 Å². The Hall–Kier alpha value is -6.71. The monoisotopic (exact) mass is 766 g/mol. The molecule has 0 saturated carbocycles. The number of rotatable bonds is 10. The van der Waals surface area contributed by atoms with Crippen molar-refractivity contribution in [2.45, 2.75) is 39.5 Å². The van der Waals surface area contributed by atoms with E-state index in [1.165, 1.54) is 0 Å². The van der Waals surface area contributed by atoms with Gasteiger partial charge in [-0.05, 0) is 124 Å². The molecule has 0 spiro atoms. The molecular weight excluding hydrogens is 724 g/mol. The third kappa shape index (κ3) is 8.64. The Balaban J connectivity index is 0.000000190. The third-order valence-electron chi connectivity index (χ3n) is 9.47. The lowest BCUT2D eigenvalue weighted by molar-refractivity contribution is 0.318. The van der Waals surface area contributed by atoms with Gasteiger partial charge in [-0.2, -0.15) is 0 Å². The van der Waals surface area contributed by atoms with Gasteiger partial charge in [0.1, 0.15) is 17.1 Å². The Morgan fingerprint density at radius 3 is 1.48 bits per heavy atom. The van der Waals surface area contributed by atoms with Crippen LogP contribution in [-0.4, -0.2) is 32.3 Å². The number of fused-ring (bicyclic) bond motifs is 1. The predicted octanol–water partition coefficient (Wildman–Crippen LogP) is 10.9. The van der Waals surface area contributed by atoms with E-state index in [4.69, 9.17) is 27.5 Å². The minimum atomic E-state index is 0.0536. The Morgan fingerprint density at radius 2 is 1.02 bits per heavy atom. The molecule has 56 heavy (non-hydrogen) atoms. The summed E-state index contributed by atoms with van der Waals surface area (Å²) in [4.78, 5) is 0. The van der Waals surface area contributed by atoms with Crippen LogP contribution in [0.1, 0.15) is 48.9 Å². The SMILES string of the molecule is CCCc1cc(C(N)=NO)c(-c2ccc(Cl)cc2)c(-c2ccc(O)cc2)c1.CCCc1cc(C(N)=NO)c(-c2ccc3occc3c2)c(-c2ccc(O)cc2)c1. The predicted molar refractivity (Wildman–Crippen MR) is 226 cm³/mol. The van der Waals surface area contributed by atoms with Crippen molar-refractivity contribution in [1.82, 2.24) is 0 Å². The van der Waals surface area contributed by atoms with E-state index in [1.54, 1.807) is 30.5 Å². The summed E-state index contributed by atoms with van der Waals surface area (Å²) in [6.07, 6.45) is 5.36. The number of amidine groups is 2. The van der Waals surface area contributed by atoms with Crippen molar-refractivity contribution in [3.63, 3.8) is 0 Å². The zero-order chi connectivity index (χ0) is 39.8. The Morgan fingerprint density at radius 1 is 0.571 bits per heavy atom. The van der Waals surface area contributed by atoms with Gasteiger partial charge in [0.05, 0.1) is 6.26 Å². The molecule has 7 aromatic rings. The van der Waals surface area contributed by atoms with Crippen LogP contribution < -0.4 is 11.5 Å². The maximum atomic E-state index is 9.72. The number of nitrogens with zero attached hydrogens (tertiary/aromatic N) is 2. The van der Waals surface area contributed by atoms with Gasteiger partial charge in [0.2, 0.25) is 0 Å². The highest BCUT2D eigenvalue weighted by Gasteiger charge is 2.20. The average Bonchev–Trinajstić information content (AvgIpc) is 3.69. The summed E-state index contributed by atoms with van der Waals surface area (Å²) in [6, 6.07) is 37.6. The summed E-state index contributed by atoms with van der Waals surface area (Å²) in [6.45, 7) is 4.22. The van der Waals surface area contributed by atoms with E-state index in [2.05, 4.69) is 36.3 Å². The maximum absolute atomic E-state index is 9.72. The highest BCUT2D eigenvalue weighted by molar-refractivity contribution is 6.30. The minimum absolute atomic E-state index is 0.0536. The summed E-state index contributed by atoms with van der Waals surface area (Å²) in [5.41, 5.74) is 23.8. The van der Waals surface area contributed by atoms with Gasteiger partial charge in [-0.25, -0.2) is 0 Å². The van der Waals surface area contributed by atoms with Gasteiger partial charge in [-0.15, -0.1) is 0 Å². The molecule has 284 valence electrons. The molecular formula is C46H43ClN4O5. The summed E-state index contributed by atoms with van der Waals surface area (Å²) in [7, 11) is 0. The molecule has 0 atom stereocenters. The molecule has 0 saturated heterocycles. The summed E-state index contributed by atoms with van der Waals surface area (Å²) in [5, 5.41) is 46.3. The van der Waals surface area contributed by atoms with E-state index in [-0.39, 0.29) is 23.2 Å². The van der Waals surface area contributed by atoms with E-state index in [1.807, 2.05) is 84.9 Å². The molecule has 0 aliphatic heterocycles. The van der Waals surface area contributed by atoms with Crippen molar-refractivity contribution in [2.75, 3.05) is 0 Å². The smallest absolute Gasteiger partial charge is 0.170 e. The quantitative estimate of drug-likeness (QED) is 0.0348. The van der Waals surface area contributed by atoms with Crippen molar-refractivity contribution in [2.24, 2.45) is 21.8 Å². The second kappa shape index (κ2) is 17.6.